The van der Waals surface area contributed by atoms with Crippen LogP contribution in [-0.2, 0) is 0 Å². The van der Waals surface area contributed by atoms with Gasteiger partial charge in [0.2, 0.25) is 0 Å². The number of hydrogen-bond donors (Lipinski definition) is 2. The van der Waals surface area contributed by atoms with Crippen LogP contribution in [0, 0.1) is 18.7 Å². The lowest BCUT2D eigenvalue weighted by Gasteiger charge is -2.11. The zero-order valence-corrected chi connectivity index (χ0v) is 8.68. The molecule has 1 unspecified atom stereocenters. The van der Waals surface area contributed by atoms with Crippen molar-refractivity contribution in [3.63, 3.8) is 0 Å². The predicted octanol–water partition coefficient (Wildman–Crippen LogP) is 2.14. The van der Waals surface area contributed by atoms with Crippen LogP contribution in [0.25, 0.3) is 0 Å². The van der Waals surface area contributed by atoms with Crippen LogP contribution in [0.2, 0.25) is 0 Å². The summed E-state index contributed by atoms with van der Waals surface area (Å²) in [6.07, 6.45) is 0. The maximum atomic E-state index is 13.0. The van der Waals surface area contributed by atoms with Crippen molar-refractivity contribution in [1.29, 1.82) is 0 Å². The van der Waals surface area contributed by atoms with Gasteiger partial charge in [0.05, 0.1) is 0 Å². The number of rotatable bonds is 4. The molecule has 3 heteroatoms. The molecule has 0 aliphatic rings. The second kappa shape index (κ2) is 4.96. The first-order valence-corrected chi connectivity index (χ1v) is 4.83. The van der Waals surface area contributed by atoms with Crippen molar-refractivity contribution in [1.82, 2.24) is 0 Å². The highest BCUT2D eigenvalue weighted by Gasteiger charge is 2.00. The maximum Gasteiger partial charge on any atom is 0.125 e. The lowest BCUT2D eigenvalue weighted by molar-refractivity contribution is 0.620. The second-order valence-electron chi connectivity index (χ2n) is 3.74. The van der Waals surface area contributed by atoms with Gasteiger partial charge >= 0.3 is 0 Å². The Morgan fingerprint density at radius 2 is 2.14 bits per heavy atom. The summed E-state index contributed by atoms with van der Waals surface area (Å²) in [7, 11) is 0. The van der Waals surface area contributed by atoms with E-state index in [1.807, 2.05) is 13.0 Å². The molecule has 0 aromatic heterocycles. The SMILES string of the molecule is Cc1cc(F)cc(NCC(C)CN)c1. The molecule has 0 saturated heterocycles. The number of nitrogens with one attached hydrogen (secondary N) is 1. The summed E-state index contributed by atoms with van der Waals surface area (Å²) in [4.78, 5) is 0. The largest absolute Gasteiger partial charge is 0.385 e. The topological polar surface area (TPSA) is 38.0 Å². The zero-order chi connectivity index (χ0) is 10.6. The van der Waals surface area contributed by atoms with Crippen LogP contribution in [-0.4, -0.2) is 13.1 Å². The smallest absolute Gasteiger partial charge is 0.125 e. The summed E-state index contributed by atoms with van der Waals surface area (Å²) < 4.78 is 13.0. The maximum absolute atomic E-state index is 13.0. The highest BCUT2D eigenvalue weighted by molar-refractivity contribution is 5.45. The van der Waals surface area contributed by atoms with E-state index in [0.717, 1.165) is 17.8 Å². The molecule has 0 radical (unpaired) electrons. The van der Waals surface area contributed by atoms with Gasteiger partial charge in [-0.05, 0) is 43.1 Å². The summed E-state index contributed by atoms with van der Waals surface area (Å²) in [6, 6.07) is 4.93. The number of halogens is 1. The van der Waals surface area contributed by atoms with Crippen molar-refractivity contribution in [2.45, 2.75) is 13.8 Å². The van der Waals surface area contributed by atoms with Gasteiger partial charge in [-0.1, -0.05) is 6.92 Å². The first-order valence-electron chi connectivity index (χ1n) is 4.83. The van der Waals surface area contributed by atoms with E-state index in [1.54, 1.807) is 0 Å². The number of anilines is 1. The predicted molar refractivity (Wildman–Crippen MR) is 57.8 cm³/mol. The van der Waals surface area contributed by atoms with Gasteiger partial charge in [-0.15, -0.1) is 0 Å². The molecule has 1 aromatic carbocycles. The third kappa shape index (κ3) is 3.34. The first kappa shape index (κ1) is 11.0. The lowest BCUT2D eigenvalue weighted by atomic mass is 10.1. The van der Waals surface area contributed by atoms with E-state index in [2.05, 4.69) is 12.2 Å². The van der Waals surface area contributed by atoms with Crippen molar-refractivity contribution >= 4 is 5.69 Å². The fraction of sp³-hybridized carbons (Fsp3) is 0.455. The van der Waals surface area contributed by atoms with Gasteiger partial charge in [-0.25, -0.2) is 4.39 Å². The van der Waals surface area contributed by atoms with Crippen molar-refractivity contribution in [3.05, 3.63) is 29.6 Å². The molecule has 0 fully saturated rings. The van der Waals surface area contributed by atoms with E-state index < -0.39 is 0 Å². The van der Waals surface area contributed by atoms with Crippen molar-refractivity contribution in [2.75, 3.05) is 18.4 Å². The number of hydrogen-bond acceptors (Lipinski definition) is 2. The normalized spacial score (nSPS) is 12.6. The monoisotopic (exact) mass is 196 g/mol. The van der Waals surface area contributed by atoms with Gasteiger partial charge < -0.3 is 11.1 Å². The Bertz CT molecular complexity index is 279. The Balaban J connectivity index is 2.58. The molecule has 1 aromatic rings. The molecule has 0 aliphatic heterocycles. The fourth-order valence-electron chi connectivity index (χ4n) is 1.21. The molecule has 1 atom stereocenters. The Labute approximate surface area is 84.3 Å². The highest BCUT2D eigenvalue weighted by Crippen LogP contribution is 2.13. The van der Waals surface area contributed by atoms with Gasteiger partial charge in [0.25, 0.3) is 0 Å². The first-order chi connectivity index (χ1) is 6.61. The van der Waals surface area contributed by atoms with E-state index in [9.17, 15) is 4.39 Å². The van der Waals surface area contributed by atoms with Crippen molar-refractivity contribution in [2.24, 2.45) is 11.7 Å². The number of nitrogens with two attached hydrogens (primary N) is 1. The van der Waals surface area contributed by atoms with Gasteiger partial charge in [0.15, 0.2) is 0 Å². The van der Waals surface area contributed by atoms with E-state index in [-0.39, 0.29) is 5.82 Å². The van der Waals surface area contributed by atoms with E-state index in [1.165, 1.54) is 12.1 Å². The molecule has 0 saturated carbocycles. The van der Waals surface area contributed by atoms with E-state index in [0.29, 0.717) is 12.5 Å². The molecule has 78 valence electrons. The summed E-state index contributed by atoms with van der Waals surface area (Å²) >= 11 is 0. The summed E-state index contributed by atoms with van der Waals surface area (Å²) in [5, 5.41) is 3.16. The number of aryl methyl sites for hydroxylation is 1. The molecule has 0 aliphatic carbocycles. The summed E-state index contributed by atoms with van der Waals surface area (Å²) in [5.74, 6) is 0.200. The number of benzene rings is 1. The molecular formula is C11H17FN2. The van der Waals surface area contributed by atoms with Crippen LogP contribution in [0.1, 0.15) is 12.5 Å². The Hall–Kier alpha value is -1.09. The fourth-order valence-corrected chi connectivity index (χ4v) is 1.21. The minimum absolute atomic E-state index is 0.201. The Morgan fingerprint density at radius 3 is 2.71 bits per heavy atom. The molecule has 0 bridgehead atoms. The van der Waals surface area contributed by atoms with Gasteiger partial charge in [0.1, 0.15) is 5.82 Å². The van der Waals surface area contributed by atoms with Crippen LogP contribution in [0.3, 0.4) is 0 Å². The molecule has 0 heterocycles. The van der Waals surface area contributed by atoms with Crippen LogP contribution >= 0.6 is 0 Å². The highest BCUT2D eigenvalue weighted by atomic mass is 19.1. The van der Waals surface area contributed by atoms with Crippen molar-refractivity contribution in [3.8, 4) is 0 Å². The molecule has 0 amide bonds. The lowest BCUT2D eigenvalue weighted by Crippen LogP contribution is -2.19. The second-order valence-corrected chi connectivity index (χ2v) is 3.74. The Morgan fingerprint density at radius 1 is 1.43 bits per heavy atom. The minimum Gasteiger partial charge on any atom is -0.385 e. The van der Waals surface area contributed by atoms with E-state index >= 15 is 0 Å². The average Bonchev–Trinajstić information content (AvgIpc) is 2.12. The van der Waals surface area contributed by atoms with Gasteiger partial charge in [-0.2, -0.15) is 0 Å². The van der Waals surface area contributed by atoms with Crippen LogP contribution in [0.5, 0.6) is 0 Å². The molecule has 1 rings (SSSR count). The molecule has 0 spiro atoms. The third-order valence-electron chi connectivity index (χ3n) is 2.10. The van der Waals surface area contributed by atoms with Gasteiger partial charge in [0, 0.05) is 12.2 Å². The van der Waals surface area contributed by atoms with Gasteiger partial charge in [-0.3, -0.25) is 0 Å². The minimum atomic E-state index is -0.201. The summed E-state index contributed by atoms with van der Waals surface area (Å²) in [6.45, 7) is 5.35. The Kier molecular flexibility index (Phi) is 3.89. The quantitative estimate of drug-likeness (QED) is 0.774. The zero-order valence-electron chi connectivity index (χ0n) is 8.68. The van der Waals surface area contributed by atoms with Crippen LogP contribution in [0.15, 0.2) is 18.2 Å². The van der Waals surface area contributed by atoms with E-state index in [4.69, 9.17) is 5.73 Å². The molecule has 14 heavy (non-hydrogen) atoms. The van der Waals surface area contributed by atoms with Crippen LogP contribution in [0.4, 0.5) is 10.1 Å². The standard InChI is InChI=1S/C11H17FN2/c1-8-3-10(12)5-11(4-8)14-7-9(2)6-13/h3-5,9,14H,6-7,13H2,1-2H3. The summed E-state index contributed by atoms with van der Waals surface area (Å²) in [5.41, 5.74) is 7.23. The molecular weight excluding hydrogens is 179 g/mol. The van der Waals surface area contributed by atoms with Crippen molar-refractivity contribution < 1.29 is 4.39 Å². The average molecular weight is 196 g/mol. The third-order valence-corrected chi connectivity index (χ3v) is 2.10. The molecule has 3 N–H and O–H groups in total. The molecule has 2 nitrogen and oxygen atoms in total. The van der Waals surface area contributed by atoms with Crippen LogP contribution < -0.4 is 11.1 Å².